The maximum Gasteiger partial charge on any atom is 0.408 e. The van der Waals surface area contributed by atoms with Crippen LogP contribution in [0.25, 0.3) is 0 Å². The Morgan fingerprint density at radius 3 is 2.64 bits per heavy atom. The van der Waals surface area contributed by atoms with Gasteiger partial charge in [-0.3, -0.25) is 9.48 Å². The first-order valence-electron chi connectivity index (χ1n) is 7.79. The highest BCUT2D eigenvalue weighted by molar-refractivity contribution is 5.85. The molecule has 1 aromatic rings. The number of aromatic nitrogens is 2. The maximum atomic E-state index is 12.6. The molecule has 1 aromatic heterocycles. The van der Waals surface area contributed by atoms with Crippen LogP contribution in [0.2, 0.25) is 0 Å². The number of hydrogen-bond acceptors (Lipinski definition) is 4. The summed E-state index contributed by atoms with van der Waals surface area (Å²) in [6.45, 7) is 4.44. The van der Waals surface area contributed by atoms with Crippen LogP contribution in [0.3, 0.4) is 0 Å². The van der Waals surface area contributed by atoms with Crippen molar-refractivity contribution in [3.63, 3.8) is 0 Å². The third-order valence-electron chi connectivity index (χ3n) is 4.30. The van der Waals surface area contributed by atoms with E-state index >= 15 is 0 Å². The van der Waals surface area contributed by atoms with E-state index in [1.165, 1.54) is 0 Å². The van der Waals surface area contributed by atoms with Crippen LogP contribution in [0.15, 0.2) is 0 Å². The third-order valence-corrected chi connectivity index (χ3v) is 4.30. The molecule has 0 bridgehead atoms. The Labute approximate surface area is 150 Å². The monoisotopic (exact) mass is 384 g/mol. The molecule has 0 aromatic carbocycles. The van der Waals surface area contributed by atoms with Gasteiger partial charge in [-0.05, 0) is 27.2 Å². The van der Waals surface area contributed by atoms with Crippen LogP contribution in [0, 0.1) is 13.8 Å². The van der Waals surface area contributed by atoms with Gasteiger partial charge in [0.05, 0.1) is 23.9 Å². The molecule has 1 amide bonds. The van der Waals surface area contributed by atoms with E-state index in [-0.39, 0.29) is 30.5 Å². The standard InChI is InChI=1S/C15H23F3N4O2.ClH/c1-8(20-14(23)12-5-11(24-4)6-19-12)13-9(2)21-22(10(13)3)7-15(16,17)18;/h8,11-12,19H,5-7H2,1-4H3,(H,20,23);1H/t8?,11-,12+;/m0./s1. The second kappa shape index (κ2) is 8.37. The molecule has 6 nitrogen and oxygen atoms in total. The molecule has 3 atom stereocenters. The molecule has 1 unspecified atom stereocenters. The van der Waals surface area contributed by atoms with Crippen LogP contribution >= 0.6 is 12.4 Å². The fourth-order valence-corrected chi connectivity index (χ4v) is 3.13. The van der Waals surface area contributed by atoms with E-state index in [2.05, 4.69) is 15.7 Å². The van der Waals surface area contributed by atoms with Crippen LogP contribution in [0.4, 0.5) is 13.2 Å². The SMILES string of the molecule is CO[C@@H]1CN[C@@H](C(=O)NC(C)c2c(C)nn(CC(F)(F)F)c2C)C1.Cl. The van der Waals surface area contributed by atoms with E-state index < -0.39 is 18.8 Å². The summed E-state index contributed by atoms with van der Waals surface area (Å²) in [7, 11) is 1.59. The number of nitrogens with one attached hydrogen (secondary N) is 2. The molecule has 25 heavy (non-hydrogen) atoms. The van der Waals surface area contributed by atoms with Gasteiger partial charge in [0.25, 0.3) is 0 Å². The first kappa shape index (κ1) is 21.7. The van der Waals surface area contributed by atoms with Gasteiger partial charge in [-0.25, -0.2) is 0 Å². The first-order chi connectivity index (χ1) is 11.1. The summed E-state index contributed by atoms with van der Waals surface area (Å²) in [4.78, 5) is 12.3. The number of halogens is 4. The maximum absolute atomic E-state index is 12.6. The van der Waals surface area contributed by atoms with Gasteiger partial charge in [-0.1, -0.05) is 0 Å². The minimum Gasteiger partial charge on any atom is -0.380 e. The largest absolute Gasteiger partial charge is 0.408 e. The Morgan fingerprint density at radius 2 is 2.12 bits per heavy atom. The number of rotatable bonds is 5. The Kier molecular flexibility index (Phi) is 7.28. The van der Waals surface area contributed by atoms with E-state index in [0.717, 1.165) is 4.68 Å². The number of methoxy groups -OCH3 is 1. The summed E-state index contributed by atoms with van der Waals surface area (Å²) in [6.07, 6.45) is -3.77. The zero-order chi connectivity index (χ0) is 18.1. The van der Waals surface area contributed by atoms with Crippen molar-refractivity contribution < 1.29 is 22.7 Å². The number of aryl methyl sites for hydroxylation is 1. The lowest BCUT2D eigenvalue weighted by atomic mass is 10.1. The van der Waals surface area contributed by atoms with Crippen LogP contribution < -0.4 is 10.6 Å². The van der Waals surface area contributed by atoms with Crippen molar-refractivity contribution in [2.75, 3.05) is 13.7 Å². The molecule has 10 heteroatoms. The van der Waals surface area contributed by atoms with E-state index in [9.17, 15) is 18.0 Å². The smallest absolute Gasteiger partial charge is 0.380 e. The molecule has 0 spiro atoms. The fraction of sp³-hybridized carbons (Fsp3) is 0.733. The van der Waals surface area contributed by atoms with Gasteiger partial charge in [-0.2, -0.15) is 18.3 Å². The molecule has 1 saturated heterocycles. The van der Waals surface area contributed by atoms with Crippen molar-refractivity contribution >= 4 is 18.3 Å². The molecule has 1 fully saturated rings. The molecule has 1 aliphatic heterocycles. The molecular weight excluding hydrogens is 361 g/mol. The predicted octanol–water partition coefficient (Wildman–Crippen LogP) is 2.04. The van der Waals surface area contributed by atoms with Gasteiger partial charge in [0.1, 0.15) is 6.54 Å². The summed E-state index contributed by atoms with van der Waals surface area (Å²) >= 11 is 0. The zero-order valence-corrected chi connectivity index (χ0v) is 15.4. The van der Waals surface area contributed by atoms with Crippen molar-refractivity contribution in [1.82, 2.24) is 20.4 Å². The van der Waals surface area contributed by atoms with Crippen LogP contribution in [-0.4, -0.2) is 47.7 Å². The third kappa shape index (κ3) is 5.32. The van der Waals surface area contributed by atoms with Gasteiger partial charge in [-0.15, -0.1) is 12.4 Å². The minimum absolute atomic E-state index is 0. The summed E-state index contributed by atoms with van der Waals surface area (Å²) in [6, 6.07) is -0.786. The first-order valence-corrected chi connectivity index (χ1v) is 7.79. The fourth-order valence-electron chi connectivity index (χ4n) is 3.13. The Bertz CT molecular complexity index is 606. The lowest BCUT2D eigenvalue weighted by Crippen LogP contribution is -2.41. The number of carbonyl (C=O) groups is 1. The predicted molar refractivity (Wildman–Crippen MR) is 88.8 cm³/mol. The van der Waals surface area contributed by atoms with Crippen molar-refractivity contribution in [2.45, 2.75) is 58.1 Å². The van der Waals surface area contributed by atoms with Gasteiger partial charge in [0, 0.05) is 24.9 Å². The summed E-state index contributed by atoms with van der Waals surface area (Å²) < 4.78 is 43.9. The molecule has 1 aliphatic rings. The van der Waals surface area contributed by atoms with Crippen molar-refractivity contribution in [3.8, 4) is 0 Å². The van der Waals surface area contributed by atoms with E-state index in [1.54, 1.807) is 27.9 Å². The summed E-state index contributed by atoms with van der Waals surface area (Å²) in [5.41, 5.74) is 1.51. The molecule has 2 N–H and O–H groups in total. The molecule has 144 valence electrons. The molecule has 2 rings (SSSR count). The molecule has 0 aliphatic carbocycles. The van der Waals surface area contributed by atoms with Gasteiger partial charge < -0.3 is 15.4 Å². The minimum atomic E-state index is -4.34. The van der Waals surface area contributed by atoms with Gasteiger partial charge in [0.2, 0.25) is 5.91 Å². The van der Waals surface area contributed by atoms with E-state index in [4.69, 9.17) is 4.74 Å². The topological polar surface area (TPSA) is 68.2 Å². The molecular formula is C15H24ClF3N4O2. The normalized spacial score (nSPS) is 21.7. The molecule has 2 heterocycles. The highest BCUT2D eigenvalue weighted by Gasteiger charge is 2.33. The Morgan fingerprint density at radius 1 is 1.48 bits per heavy atom. The average Bonchev–Trinajstić information content (AvgIpc) is 3.03. The lowest BCUT2D eigenvalue weighted by Gasteiger charge is -2.18. The van der Waals surface area contributed by atoms with Crippen LogP contribution in [-0.2, 0) is 16.1 Å². The average molecular weight is 385 g/mol. The van der Waals surface area contributed by atoms with E-state index in [1.807, 2.05) is 0 Å². The second-order valence-corrected chi connectivity index (χ2v) is 6.14. The Hall–Kier alpha value is -1.32. The van der Waals surface area contributed by atoms with Gasteiger partial charge in [0.15, 0.2) is 0 Å². The molecule has 0 radical (unpaired) electrons. The van der Waals surface area contributed by atoms with Crippen LogP contribution in [0.1, 0.15) is 36.3 Å². The van der Waals surface area contributed by atoms with E-state index in [0.29, 0.717) is 29.9 Å². The highest BCUT2D eigenvalue weighted by Crippen LogP contribution is 2.25. The van der Waals surface area contributed by atoms with Crippen molar-refractivity contribution in [3.05, 3.63) is 17.0 Å². The lowest BCUT2D eigenvalue weighted by molar-refractivity contribution is -0.143. The Balaban J connectivity index is 0.00000312. The zero-order valence-electron chi connectivity index (χ0n) is 14.6. The molecule has 0 saturated carbocycles. The number of ether oxygens (including phenoxy) is 1. The second-order valence-electron chi connectivity index (χ2n) is 6.14. The van der Waals surface area contributed by atoms with Gasteiger partial charge >= 0.3 is 6.18 Å². The number of alkyl halides is 3. The number of amides is 1. The van der Waals surface area contributed by atoms with Crippen molar-refractivity contribution in [1.29, 1.82) is 0 Å². The summed E-state index contributed by atoms with van der Waals surface area (Å²) in [5, 5.41) is 9.88. The number of hydrogen-bond donors (Lipinski definition) is 2. The number of nitrogens with zero attached hydrogens (tertiary/aromatic N) is 2. The number of carbonyl (C=O) groups excluding carboxylic acids is 1. The quantitative estimate of drug-likeness (QED) is 0.815. The summed E-state index contributed by atoms with van der Waals surface area (Å²) in [5.74, 6) is -0.190. The highest BCUT2D eigenvalue weighted by atomic mass is 35.5. The van der Waals surface area contributed by atoms with Crippen LogP contribution in [0.5, 0.6) is 0 Å². The van der Waals surface area contributed by atoms with Crippen molar-refractivity contribution in [2.24, 2.45) is 0 Å².